The van der Waals surface area contributed by atoms with E-state index < -0.39 is 0 Å². The molecule has 5 rings (SSSR count). The Morgan fingerprint density at radius 1 is 1.00 bits per heavy atom. The number of fused-ring (bicyclic) bond motifs is 1. The molecule has 1 aromatic carbocycles. The zero-order chi connectivity index (χ0) is 20.5. The van der Waals surface area contributed by atoms with Gasteiger partial charge in [0.25, 0.3) is 0 Å². The zero-order valence-corrected chi connectivity index (χ0v) is 16.9. The predicted molar refractivity (Wildman–Crippen MR) is 116 cm³/mol. The summed E-state index contributed by atoms with van der Waals surface area (Å²) in [5.74, 6) is 2.26. The van der Waals surface area contributed by atoms with Crippen molar-refractivity contribution in [2.45, 2.75) is 12.8 Å². The number of hydrogen-bond acceptors (Lipinski definition) is 6. The van der Waals surface area contributed by atoms with Gasteiger partial charge in [-0.05, 0) is 73.2 Å². The Hall–Kier alpha value is -3.25. The third-order valence-electron chi connectivity index (χ3n) is 6.10. The molecule has 3 aromatic rings. The molecular weight excluding hydrogens is 376 g/mol. The first-order valence-corrected chi connectivity index (χ1v) is 10.3. The topological polar surface area (TPSA) is 80.2 Å². The van der Waals surface area contributed by atoms with Crippen LogP contribution in [0.3, 0.4) is 0 Å². The van der Waals surface area contributed by atoms with E-state index in [-0.39, 0.29) is 5.75 Å². The van der Waals surface area contributed by atoms with Crippen LogP contribution in [0.1, 0.15) is 18.5 Å². The van der Waals surface area contributed by atoms with Gasteiger partial charge in [0.05, 0.1) is 30.9 Å². The van der Waals surface area contributed by atoms with Crippen LogP contribution in [0.4, 0.5) is 0 Å². The van der Waals surface area contributed by atoms with Crippen molar-refractivity contribution < 1.29 is 9.84 Å². The number of phenolic OH excluding ortho intramolecular Hbond substituents is 1. The molecule has 6 nitrogen and oxygen atoms in total. The minimum absolute atomic E-state index is 0.166. The van der Waals surface area contributed by atoms with E-state index in [1.54, 1.807) is 31.8 Å². The third-order valence-corrected chi connectivity index (χ3v) is 6.10. The van der Waals surface area contributed by atoms with E-state index in [1.807, 2.05) is 24.3 Å². The monoisotopic (exact) mass is 400 g/mol. The maximum Gasteiger partial charge on any atom is 0.213 e. The van der Waals surface area contributed by atoms with Crippen LogP contribution in [0.2, 0.25) is 0 Å². The molecule has 2 aromatic heterocycles. The molecule has 0 unspecified atom stereocenters. The molecule has 2 N–H and O–H groups in total. The zero-order valence-electron chi connectivity index (χ0n) is 16.9. The highest BCUT2D eigenvalue weighted by atomic mass is 16.5. The number of benzene rings is 1. The number of pyridine rings is 1. The van der Waals surface area contributed by atoms with Gasteiger partial charge in [-0.25, -0.2) is 4.98 Å². The van der Waals surface area contributed by atoms with Crippen molar-refractivity contribution in [3.05, 3.63) is 60.2 Å². The first-order chi connectivity index (χ1) is 14.7. The van der Waals surface area contributed by atoms with Gasteiger partial charge in [0.1, 0.15) is 5.75 Å². The van der Waals surface area contributed by atoms with Crippen molar-refractivity contribution in [3.8, 4) is 34.0 Å². The van der Waals surface area contributed by atoms with Crippen LogP contribution in [-0.2, 0) is 0 Å². The Morgan fingerprint density at radius 2 is 1.80 bits per heavy atom. The van der Waals surface area contributed by atoms with Gasteiger partial charge in [-0.2, -0.15) is 0 Å². The summed E-state index contributed by atoms with van der Waals surface area (Å²) in [4.78, 5) is 13.2. The van der Waals surface area contributed by atoms with Crippen LogP contribution in [0.5, 0.6) is 11.6 Å². The normalized spacial score (nSPS) is 21.7. The molecule has 0 bridgehead atoms. The van der Waals surface area contributed by atoms with E-state index >= 15 is 0 Å². The molecule has 3 heterocycles. The molecule has 2 aliphatic rings. The second-order valence-electron chi connectivity index (χ2n) is 8.03. The predicted octanol–water partition coefficient (Wildman–Crippen LogP) is 3.93. The Kier molecular flexibility index (Phi) is 4.93. The van der Waals surface area contributed by atoms with Crippen LogP contribution in [0, 0.1) is 11.8 Å². The summed E-state index contributed by atoms with van der Waals surface area (Å²) < 4.78 is 5.18. The Morgan fingerprint density at radius 3 is 2.50 bits per heavy atom. The van der Waals surface area contributed by atoms with Gasteiger partial charge < -0.3 is 15.2 Å². The van der Waals surface area contributed by atoms with E-state index in [9.17, 15) is 5.11 Å². The molecule has 1 aliphatic heterocycles. The van der Waals surface area contributed by atoms with Crippen molar-refractivity contribution in [2.24, 2.45) is 11.8 Å². The number of rotatable bonds is 4. The van der Waals surface area contributed by atoms with E-state index in [4.69, 9.17) is 4.74 Å². The molecule has 2 fully saturated rings. The summed E-state index contributed by atoms with van der Waals surface area (Å²) >= 11 is 0. The average molecular weight is 400 g/mol. The molecule has 0 amide bonds. The van der Waals surface area contributed by atoms with Gasteiger partial charge >= 0.3 is 0 Å². The maximum atomic E-state index is 10.6. The number of phenols is 1. The molecular formula is C24H24N4O2. The van der Waals surface area contributed by atoms with Crippen LogP contribution < -0.4 is 10.1 Å². The van der Waals surface area contributed by atoms with E-state index in [0.29, 0.717) is 17.1 Å². The molecule has 0 spiro atoms. The highest BCUT2D eigenvalue weighted by molar-refractivity contribution is 5.74. The fourth-order valence-electron chi connectivity index (χ4n) is 4.53. The minimum Gasteiger partial charge on any atom is -0.507 e. The van der Waals surface area contributed by atoms with Crippen molar-refractivity contribution >= 4 is 6.08 Å². The highest BCUT2D eigenvalue weighted by Crippen LogP contribution is 2.39. The second-order valence-corrected chi connectivity index (χ2v) is 8.03. The third kappa shape index (κ3) is 3.66. The number of aromatic nitrogens is 3. The van der Waals surface area contributed by atoms with Gasteiger partial charge in [0.15, 0.2) is 0 Å². The fraction of sp³-hybridized carbons (Fsp3) is 0.292. The molecule has 30 heavy (non-hydrogen) atoms. The Balaban J connectivity index is 1.35. The highest BCUT2D eigenvalue weighted by Gasteiger charge is 2.33. The molecule has 1 saturated carbocycles. The van der Waals surface area contributed by atoms with Crippen LogP contribution in [0.25, 0.3) is 28.5 Å². The van der Waals surface area contributed by atoms with Crippen molar-refractivity contribution in [1.29, 1.82) is 0 Å². The minimum atomic E-state index is 0.166. The van der Waals surface area contributed by atoms with Gasteiger partial charge in [-0.15, -0.1) is 0 Å². The van der Waals surface area contributed by atoms with Gasteiger partial charge in [0.2, 0.25) is 5.88 Å². The molecule has 1 saturated heterocycles. The summed E-state index contributed by atoms with van der Waals surface area (Å²) in [6, 6.07) is 9.26. The fourth-order valence-corrected chi connectivity index (χ4v) is 4.53. The lowest BCUT2D eigenvalue weighted by Crippen LogP contribution is -2.09. The van der Waals surface area contributed by atoms with Crippen molar-refractivity contribution in [3.63, 3.8) is 0 Å². The summed E-state index contributed by atoms with van der Waals surface area (Å²) in [6.45, 7) is 2.27. The number of aromatic hydroxyl groups is 1. The van der Waals surface area contributed by atoms with Gasteiger partial charge in [-0.3, -0.25) is 9.97 Å². The van der Waals surface area contributed by atoms with Crippen molar-refractivity contribution in [2.75, 3.05) is 20.2 Å². The summed E-state index contributed by atoms with van der Waals surface area (Å²) in [5, 5.41) is 14.1. The molecule has 0 radical (unpaired) electrons. The number of hydrogen-bond donors (Lipinski definition) is 2. The molecule has 152 valence electrons. The van der Waals surface area contributed by atoms with Crippen LogP contribution in [0.15, 0.2) is 54.5 Å². The standard InChI is InChI=1S/C24H24N4O2/c1-30-24-10-17(4-5-26-24)16-2-3-21(23(29)9-16)22-14-27-20(13-28-22)8-15-6-18-11-25-12-19(18)7-15/h2-5,8-10,13-14,18-19,25,29H,6-7,11-12H2,1H3/b15-8-/t18-,19+/m0/s1. The number of allylic oxidation sites excluding steroid dienone is 1. The molecule has 6 heteroatoms. The lowest BCUT2D eigenvalue weighted by molar-refractivity contribution is 0.398. The van der Waals surface area contributed by atoms with E-state index in [1.165, 1.54) is 5.57 Å². The van der Waals surface area contributed by atoms with Crippen molar-refractivity contribution in [1.82, 2.24) is 20.3 Å². The quantitative estimate of drug-likeness (QED) is 0.691. The van der Waals surface area contributed by atoms with Crippen LogP contribution >= 0.6 is 0 Å². The first kappa shape index (κ1) is 18.8. The molecule has 2 atom stereocenters. The SMILES string of the molecule is COc1cc(-c2ccc(-c3cnc(/C=C4/C[C@H]5CNC[C@H]5C4)cn3)c(O)c2)ccn1. The second kappa shape index (κ2) is 7.88. The smallest absolute Gasteiger partial charge is 0.213 e. The van der Waals surface area contributed by atoms with E-state index in [2.05, 4.69) is 26.3 Å². The lowest BCUT2D eigenvalue weighted by Gasteiger charge is -2.08. The summed E-state index contributed by atoms with van der Waals surface area (Å²) in [7, 11) is 1.58. The number of nitrogens with zero attached hydrogens (tertiary/aromatic N) is 3. The van der Waals surface area contributed by atoms with E-state index in [0.717, 1.165) is 54.6 Å². The number of ether oxygens (including phenoxy) is 1. The first-order valence-electron chi connectivity index (χ1n) is 10.3. The Labute approximate surface area is 175 Å². The summed E-state index contributed by atoms with van der Waals surface area (Å²) in [5.41, 5.74) is 5.46. The van der Waals surface area contributed by atoms with Crippen LogP contribution in [-0.4, -0.2) is 40.3 Å². The summed E-state index contributed by atoms with van der Waals surface area (Å²) in [6.07, 6.45) is 9.69. The molecule has 1 aliphatic carbocycles. The van der Waals surface area contributed by atoms with Gasteiger partial charge in [0, 0.05) is 17.8 Å². The average Bonchev–Trinajstić information content (AvgIpc) is 3.36. The number of methoxy groups -OCH3 is 1. The largest absolute Gasteiger partial charge is 0.507 e. The number of nitrogens with one attached hydrogen (secondary N) is 1. The van der Waals surface area contributed by atoms with Gasteiger partial charge in [-0.1, -0.05) is 11.6 Å². The lowest BCUT2D eigenvalue weighted by atomic mass is 10.0. The maximum absolute atomic E-state index is 10.6. The Bertz CT molecular complexity index is 1080.